The van der Waals surface area contributed by atoms with Crippen LogP contribution in [0.5, 0.6) is 0 Å². The molecule has 0 aromatic rings. The molecule has 2 nitrogen and oxygen atoms in total. The lowest BCUT2D eigenvalue weighted by atomic mass is 9.81. The van der Waals surface area contributed by atoms with Crippen molar-refractivity contribution in [3.63, 3.8) is 0 Å². The molecule has 1 atom stereocenters. The molecule has 6 heteroatoms. The number of alkyl halides is 4. The molecule has 0 aromatic carbocycles. The van der Waals surface area contributed by atoms with Crippen LogP contribution in [-0.4, -0.2) is 23.5 Å². The van der Waals surface area contributed by atoms with Gasteiger partial charge in [0.1, 0.15) is 0 Å². The van der Waals surface area contributed by atoms with Gasteiger partial charge in [-0.05, 0) is 38.5 Å². The van der Waals surface area contributed by atoms with Crippen molar-refractivity contribution in [2.24, 2.45) is 11.8 Å². The number of rotatable bonds is 5. The highest BCUT2D eigenvalue weighted by molar-refractivity contribution is 9.09. The first-order valence-corrected chi connectivity index (χ1v) is 7.93. The topological polar surface area (TPSA) is 29.1 Å². The maximum absolute atomic E-state index is 12.5. The average Bonchev–Trinajstić information content (AvgIpc) is 2.37. The summed E-state index contributed by atoms with van der Waals surface area (Å²) in [6.45, 7) is 1.99. The van der Waals surface area contributed by atoms with E-state index in [4.69, 9.17) is 0 Å². The van der Waals surface area contributed by atoms with Crippen LogP contribution in [0.4, 0.5) is 13.2 Å². The normalized spacial score (nSPS) is 25.9. The second-order valence-corrected chi connectivity index (χ2v) is 5.97. The molecule has 0 spiro atoms. The summed E-state index contributed by atoms with van der Waals surface area (Å²) in [5, 5.41) is 3.75. The number of hydrogen-bond acceptors (Lipinski definition) is 1. The molecule has 19 heavy (non-hydrogen) atoms. The first kappa shape index (κ1) is 16.8. The van der Waals surface area contributed by atoms with E-state index in [1.54, 1.807) is 0 Å². The lowest BCUT2D eigenvalue weighted by Crippen LogP contribution is -2.41. The first-order chi connectivity index (χ1) is 8.88. The Morgan fingerprint density at radius 1 is 1.32 bits per heavy atom. The number of carbonyl (C=O) groups is 1. The largest absolute Gasteiger partial charge is 0.391 e. The van der Waals surface area contributed by atoms with Gasteiger partial charge in [0.15, 0.2) is 0 Å². The zero-order valence-corrected chi connectivity index (χ0v) is 12.7. The highest BCUT2D eigenvalue weighted by Crippen LogP contribution is 2.39. The molecule has 1 amide bonds. The van der Waals surface area contributed by atoms with E-state index in [0.29, 0.717) is 12.8 Å². The Kier molecular flexibility index (Phi) is 6.63. The lowest BCUT2D eigenvalue weighted by molar-refractivity contribution is -0.184. The van der Waals surface area contributed by atoms with Crippen molar-refractivity contribution in [2.75, 3.05) is 5.33 Å². The SMILES string of the molecule is CCC(CCBr)NC(=O)C1CCC(C(F)(F)F)CC1. The first-order valence-electron chi connectivity index (χ1n) is 6.81. The predicted molar refractivity (Wildman–Crippen MR) is 72.1 cm³/mol. The van der Waals surface area contributed by atoms with Crippen molar-refractivity contribution in [1.29, 1.82) is 0 Å². The third-order valence-electron chi connectivity index (χ3n) is 3.86. The van der Waals surface area contributed by atoms with Crippen molar-refractivity contribution in [3.05, 3.63) is 0 Å². The average molecular weight is 344 g/mol. The molecule has 1 aliphatic rings. The smallest absolute Gasteiger partial charge is 0.353 e. The van der Waals surface area contributed by atoms with Gasteiger partial charge in [-0.15, -0.1) is 0 Å². The van der Waals surface area contributed by atoms with E-state index < -0.39 is 12.1 Å². The molecule has 0 radical (unpaired) electrons. The van der Waals surface area contributed by atoms with Gasteiger partial charge < -0.3 is 5.32 Å². The third-order valence-corrected chi connectivity index (χ3v) is 4.32. The van der Waals surface area contributed by atoms with Crippen LogP contribution in [0.2, 0.25) is 0 Å². The number of hydrogen-bond donors (Lipinski definition) is 1. The van der Waals surface area contributed by atoms with Crippen LogP contribution in [0.1, 0.15) is 45.4 Å². The molecule has 1 unspecified atom stereocenters. The number of halogens is 4. The molecule has 0 aromatic heterocycles. The predicted octanol–water partition coefficient (Wildman–Crippen LogP) is 4.03. The monoisotopic (exact) mass is 343 g/mol. The molecule has 1 saturated carbocycles. The van der Waals surface area contributed by atoms with Crippen LogP contribution in [0.25, 0.3) is 0 Å². The molecule has 1 N–H and O–H groups in total. The van der Waals surface area contributed by atoms with Gasteiger partial charge in [0, 0.05) is 17.3 Å². The minimum absolute atomic E-state index is 0.0755. The fraction of sp³-hybridized carbons (Fsp3) is 0.923. The van der Waals surface area contributed by atoms with E-state index in [9.17, 15) is 18.0 Å². The summed E-state index contributed by atoms with van der Waals surface area (Å²) in [5.41, 5.74) is 0. The van der Waals surface area contributed by atoms with Crippen molar-refractivity contribution in [3.8, 4) is 0 Å². The molecule has 0 bridgehead atoms. The van der Waals surface area contributed by atoms with Crippen molar-refractivity contribution >= 4 is 21.8 Å². The zero-order valence-electron chi connectivity index (χ0n) is 11.1. The van der Waals surface area contributed by atoms with E-state index in [2.05, 4.69) is 21.2 Å². The van der Waals surface area contributed by atoms with Crippen LogP contribution in [-0.2, 0) is 4.79 Å². The Balaban J connectivity index is 2.40. The van der Waals surface area contributed by atoms with Gasteiger partial charge in [0.25, 0.3) is 0 Å². The van der Waals surface area contributed by atoms with Gasteiger partial charge in [-0.3, -0.25) is 4.79 Å². The van der Waals surface area contributed by atoms with Crippen molar-refractivity contribution in [2.45, 2.75) is 57.7 Å². The highest BCUT2D eigenvalue weighted by atomic mass is 79.9. The van der Waals surface area contributed by atoms with Gasteiger partial charge in [0.05, 0.1) is 5.92 Å². The Hall–Kier alpha value is -0.260. The molecule has 112 valence electrons. The van der Waals surface area contributed by atoms with Gasteiger partial charge in [-0.1, -0.05) is 22.9 Å². The van der Waals surface area contributed by atoms with Crippen molar-refractivity contribution in [1.82, 2.24) is 5.32 Å². The number of amides is 1. The van der Waals surface area contributed by atoms with E-state index >= 15 is 0 Å². The highest BCUT2D eigenvalue weighted by Gasteiger charge is 2.42. The minimum Gasteiger partial charge on any atom is -0.353 e. The fourth-order valence-electron chi connectivity index (χ4n) is 2.51. The summed E-state index contributed by atoms with van der Waals surface area (Å²) >= 11 is 3.33. The third kappa shape index (κ3) is 5.32. The Morgan fingerprint density at radius 2 is 1.89 bits per heavy atom. The molecular weight excluding hydrogens is 323 g/mol. The van der Waals surface area contributed by atoms with Crippen LogP contribution in [0.3, 0.4) is 0 Å². The zero-order chi connectivity index (χ0) is 14.5. The lowest BCUT2D eigenvalue weighted by Gasteiger charge is -2.30. The van der Waals surface area contributed by atoms with Crippen molar-refractivity contribution < 1.29 is 18.0 Å². The Morgan fingerprint density at radius 3 is 2.32 bits per heavy atom. The summed E-state index contributed by atoms with van der Waals surface area (Å²) in [5.74, 6) is -1.54. The Bertz CT molecular complexity index is 288. The standard InChI is InChI=1S/C13H21BrF3NO/c1-2-11(7-8-14)18-12(19)9-3-5-10(6-4-9)13(15,16)17/h9-11H,2-8H2,1H3,(H,18,19). The van der Waals surface area contributed by atoms with Crippen LogP contribution < -0.4 is 5.32 Å². The van der Waals surface area contributed by atoms with Crippen LogP contribution in [0, 0.1) is 11.8 Å². The minimum atomic E-state index is -4.11. The molecule has 0 saturated heterocycles. The van der Waals surface area contributed by atoms with Gasteiger partial charge in [0.2, 0.25) is 5.91 Å². The van der Waals surface area contributed by atoms with E-state index in [1.165, 1.54) is 0 Å². The van der Waals surface area contributed by atoms with Gasteiger partial charge in [-0.2, -0.15) is 13.2 Å². The summed E-state index contributed by atoms with van der Waals surface area (Å²) < 4.78 is 37.6. The molecular formula is C13H21BrF3NO. The van der Waals surface area contributed by atoms with Crippen LogP contribution in [0.15, 0.2) is 0 Å². The molecule has 1 rings (SSSR count). The Labute approximate surface area is 120 Å². The summed E-state index contributed by atoms with van der Waals surface area (Å²) in [7, 11) is 0. The second-order valence-electron chi connectivity index (χ2n) is 5.18. The molecule has 1 aliphatic carbocycles. The van der Waals surface area contributed by atoms with E-state index in [-0.39, 0.29) is 30.7 Å². The van der Waals surface area contributed by atoms with E-state index in [0.717, 1.165) is 18.2 Å². The molecule has 0 heterocycles. The summed E-state index contributed by atoms with van der Waals surface area (Å²) in [4.78, 5) is 12.0. The van der Waals surface area contributed by atoms with Gasteiger partial charge in [-0.25, -0.2) is 0 Å². The summed E-state index contributed by atoms with van der Waals surface area (Å²) in [6.07, 6.45) is -1.56. The number of carbonyl (C=O) groups excluding carboxylic acids is 1. The van der Waals surface area contributed by atoms with E-state index in [1.807, 2.05) is 6.92 Å². The second kappa shape index (κ2) is 7.50. The maximum atomic E-state index is 12.5. The maximum Gasteiger partial charge on any atom is 0.391 e. The number of nitrogens with one attached hydrogen (secondary N) is 1. The van der Waals surface area contributed by atoms with Crippen LogP contribution >= 0.6 is 15.9 Å². The van der Waals surface area contributed by atoms with Gasteiger partial charge >= 0.3 is 6.18 Å². The molecule has 0 aliphatic heterocycles. The summed E-state index contributed by atoms with van der Waals surface area (Å²) in [6, 6.07) is 0.118. The fourth-order valence-corrected chi connectivity index (χ4v) is 3.06. The molecule has 1 fully saturated rings. The quantitative estimate of drug-likeness (QED) is 0.750.